The van der Waals surface area contributed by atoms with E-state index in [1.165, 1.54) is 0 Å². The molecule has 3 rings (SSSR count). The van der Waals surface area contributed by atoms with E-state index in [0.29, 0.717) is 22.0 Å². The van der Waals surface area contributed by atoms with Gasteiger partial charge in [0.25, 0.3) is 5.91 Å². The average molecular weight is 356 g/mol. The van der Waals surface area contributed by atoms with Gasteiger partial charge in [-0.15, -0.1) is 0 Å². The third kappa shape index (κ3) is 3.83. The number of amides is 3. The molecule has 0 spiro atoms. The van der Waals surface area contributed by atoms with E-state index in [0.717, 1.165) is 11.1 Å². The predicted molar refractivity (Wildman–Crippen MR) is 98.4 cm³/mol. The second kappa shape index (κ2) is 6.99. The minimum Gasteiger partial charge on any atom is -0.327 e. The Hall–Kier alpha value is -2.79. The van der Waals surface area contributed by atoms with Crippen molar-refractivity contribution in [3.05, 3.63) is 76.0 Å². The summed E-state index contributed by atoms with van der Waals surface area (Å²) in [6, 6.07) is 13.8. The molecule has 0 aliphatic carbocycles. The summed E-state index contributed by atoms with van der Waals surface area (Å²) in [4.78, 5) is 24.7. The molecule has 1 aliphatic rings. The summed E-state index contributed by atoms with van der Waals surface area (Å²) in [5.74, 6) is -0.280. The van der Waals surface area contributed by atoms with E-state index >= 15 is 0 Å². The Morgan fingerprint density at radius 3 is 2.32 bits per heavy atom. The minimum absolute atomic E-state index is 0.280. The summed E-state index contributed by atoms with van der Waals surface area (Å²) in [5, 5.41) is 8.93. The number of hydrogen-bond donors (Lipinski definition) is 3. The van der Waals surface area contributed by atoms with Crippen LogP contribution in [0.2, 0.25) is 5.02 Å². The van der Waals surface area contributed by atoms with Crippen LogP contribution in [0.3, 0.4) is 0 Å². The number of carbonyl (C=O) groups is 2. The number of halogens is 1. The number of urea groups is 1. The second-order valence-corrected chi connectivity index (χ2v) is 6.38. The summed E-state index contributed by atoms with van der Waals surface area (Å²) in [7, 11) is 0. The fourth-order valence-corrected chi connectivity index (χ4v) is 2.86. The van der Waals surface area contributed by atoms with Crippen LogP contribution in [-0.2, 0) is 4.79 Å². The average Bonchev–Trinajstić information content (AvgIpc) is 2.57. The molecule has 0 bridgehead atoms. The van der Waals surface area contributed by atoms with E-state index in [4.69, 9.17) is 11.6 Å². The molecule has 3 amide bonds. The van der Waals surface area contributed by atoms with Crippen LogP contribution in [-0.4, -0.2) is 11.9 Å². The maximum atomic E-state index is 12.8. The van der Waals surface area contributed by atoms with Gasteiger partial charge in [0, 0.05) is 16.4 Å². The number of rotatable bonds is 3. The number of benzene rings is 2. The van der Waals surface area contributed by atoms with Crippen LogP contribution in [0.5, 0.6) is 0 Å². The van der Waals surface area contributed by atoms with Gasteiger partial charge < -0.3 is 16.0 Å². The van der Waals surface area contributed by atoms with Gasteiger partial charge in [-0.2, -0.15) is 0 Å². The molecule has 6 heteroatoms. The molecular formula is C19H18ClN3O2. The Kier molecular flexibility index (Phi) is 4.76. The number of hydrogen-bond acceptors (Lipinski definition) is 2. The number of nitrogens with one attached hydrogen (secondary N) is 3. The van der Waals surface area contributed by atoms with Crippen LogP contribution in [0.15, 0.2) is 59.8 Å². The lowest BCUT2D eigenvalue weighted by Gasteiger charge is -2.28. The zero-order chi connectivity index (χ0) is 18.0. The Labute approximate surface area is 151 Å². The molecule has 1 heterocycles. The lowest BCUT2D eigenvalue weighted by atomic mass is 9.94. The zero-order valence-electron chi connectivity index (χ0n) is 13.9. The first-order valence-electron chi connectivity index (χ1n) is 7.86. The fraction of sp³-hybridized carbons (Fsp3) is 0.158. The van der Waals surface area contributed by atoms with Crippen LogP contribution in [0.25, 0.3) is 0 Å². The number of carbonyl (C=O) groups excluding carboxylic acids is 2. The third-order valence-corrected chi connectivity index (χ3v) is 4.28. The fourth-order valence-electron chi connectivity index (χ4n) is 2.74. The van der Waals surface area contributed by atoms with Crippen molar-refractivity contribution in [2.24, 2.45) is 0 Å². The molecule has 3 N–H and O–H groups in total. The Morgan fingerprint density at radius 2 is 1.68 bits per heavy atom. The lowest BCUT2D eigenvalue weighted by Crippen LogP contribution is -2.45. The first-order valence-corrected chi connectivity index (χ1v) is 8.23. The quantitative estimate of drug-likeness (QED) is 0.781. The highest BCUT2D eigenvalue weighted by Crippen LogP contribution is 2.28. The Balaban J connectivity index is 1.92. The molecule has 0 aromatic heterocycles. The number of aryl methyl sites for hydroxylation is 1. The van der Waals surface area contributed by atoms with Crippen molar-refractivity contribution in [2.45, 2.75) is 19.9 Å². The largest absolute Gasteiger partial charge is 0.327 e. The highest BCUT2D eigenvalue weighted by atomic mass is 35.5. The summed E-state index contributed by atoms with van der Waals surface area (Å²) >= 11 is 5.87. The summed E-state index contributed by atoms with van der Waals surface area (Å²) in [6.45, 7) is 3.71. The maximum absolute atomic E-state index is 12.8. The van der Waals surface area contributed by atoms with Crippen molar-refractivity contribution in [3.8, 4) is 0 Å². The third-order valence-electron chi connectivity index (χ3n) is 4.03. The van der Waals surface area contributed by atoms with Gasteiger partial charge in [-0.05, 0) is 43.7 Å². The smallest absolute Gasteiger partial charge is 0.319 e. The monoisotopic (exact) mass is 355 g/mol. The van der Waals surface area contributed by atoms with Gasteiger partial charge in [-0.1, -0.05) is 41.4 Å². The Morgan fingerprint density at radius 1 is 1.04 bits per heavy atom. The van der Waals surface area contributed by atoms with Gasteiger partial charge >= 0.3 is 6.03 Å². The molecule has 0 unspecified atom stereocenters. The predicted octanol–water partition coefficient (Wildman–Crippen LogP) is 3.92. The molecule has 0 fully saturated rings. The summed E-state index contributed by atoms with van der Waals surface area (Å²) in [5.41, 5.74) is 3.59. The highest BCUT2D eigenvalue weighted by Gasteiger charge is 2.31. The van der Waals surface area contributed by atoms with E-state index in [2.05, 4.69) is 16.0 Å². The van der Waals surface area contributed by atoms with E-state index in [1.807, 2.05) is 31.2 Å². The molecule has 0 saturated heterocycles. The van der Waals surface area contributed by atoms with Crippen LogP contribution < -0.4 is 16.0 Å². The second-order valence-electron chi connectivity index (χ2n) is 5.94. The van der Waals surface area contributed by atoms with Gasteiger partial charge in [0.15, 0.2) is 0 Å². The van der Waals surface area contributed by atoms with E-state index in [-0.39, 0.29) is 11.9 Å². The lowest BCUT2D eigenvalue weighted by molar-refractivity contribution is -0.113. The van der Waals surface area contributed by atoms with Crippen molar-refractivity contribution in [3.63, 3.8) is 0 Å². The van der Waals surface area contributed by atoms with E-state index in [9.17, 15) is 9.59 Å². The zero-order valence-corrected chi connectivity index (χ0v) is 14.6. The normalized spacial score (nSPS) is 16.9. The standard InChI is InChI=1S/C19H18ClN3O2/c1-11-3-5-13(6-4-11)17-16(12(2)21-19(25)23-17)18(24)22-15-9-7-14(20)8-10-15/h3-10,17H,1-2H3,(H,22,24)(H2,21,23,25)/t17-/m0/s1. The molecule has 128 valence electrons. The molecule has 0 saturated carbocycles. The van der Waals surface area contributed by atoms with Crippen molar-refractivity contribution < 1.29 is 9.59 Å². The van der Waals surface area contributed by atoms with Crippen molar-refractivity contribution in [1.29, 1.82) is 0 Å². The van der Waals surface area contributed by atoms with Gasteiger partial charge in [0.2, 0.25) is 0 Å². The first-order chi connectivity index (χ1) is 11.9. The summed E-state index contributed by atoms with van der Waals surface area (Å²) in [6.07, 6.45) is 0. The van der Waals surface area contributed by atoms with Crippen LogP contribution in [0.4, 0.5) is 10.5 Å². The molecule has 0 radical (unpaired) electrons. The summed E-state index contributed by atoms with van der Waals surface area (Å²) < 4.78 is 0. The van der Waals surface area contributed by atoms with Crippen LogP contribution in [0, 0.1) is 6.92 Å². The molecular weight excluding hydrogens is 338 g/mol. The van der Waals surface area contributed by atoms with Gasteiger partial charge in [-0.3, -0.25) is 4.79 Å². The molecule has 1 atom stereocenters. The van der Waals surface area contributed by atoms with Crippen molar-refractivity contribution in [2.75, 3.05) is 5.32 Å². The van der Waals surface area contributed by atoms with Crippen LogP contribution in [0.1, 0.15) is 24.1 Å². The number of anilines is 1. The SMILES string of the molecule is CC1=C(C(=O)Nc2ccc(Cl)cc2)[C@H](c2ccc(C)cc2)NC(=O)N1. The van der Waals surface area contributed by atoms with Crippen LogP contribution >= 0.6 is 11.6 Å². The molecule has 1 aliphatic heterocycles. The first kappa shape index (κ1) is 17.0. The number of allylic oxidation sites excluding steroid dienone is 1. The highest BCUT2D eigenvalue weighted by molar-refractivity contribution is 6.30. The van der Waals surface area contributed by atoms with Gasteiger partial charge in [-0.25, -0.2) is 4.79 Å². The van der Waals surface area contributed by atoms with E-state index < -0.39 is 6.04 Å². The van der Waals surface area contributed by atoms with Gasteiger partial charge in [0.1, 0.15) is 0 Å². The van der Waals surface area contributed by atoms with Crippen molar-refractivity contribution in [1.82, 2.24) is 10.6 Å². The van der Waals surface area contributed by atoms with Crippen molar-refractivity contribution >= 4 is 29.2 Å². The topological polar surface area (TPSA) is 70.2 Å². The van der Waals surface area contributed by atoms with Gasteiger partial charge in [0.05, 0.1) is 11.6 Å². The molecule has 2 aromatic carbocycles. The molecule has 2 aromatic rings. The minimum atomic E-state index is -0.512. The maximum Gasteiger partial charge on any atom is 0.319 e. The van der Waals surface area contributed by atoms with E-state index in [1.54, 1.807) is 31.2 Å². The molecule has 5 nitrogen and oxygen atoms in total. The molecule has 25 heavy (non-hydrogen) atoms. The Bertz CT molecular complexity index is 842.